The summed E-state index contributed by atoms with van der Waals surface area (Å²) in [6, 6.07) is 1.96. The van der Waals surface area contributed by atoms with Crippen molar-refractivity contribution in [3.8, 4) is 0 Å². The molecule has 2 N–H and O–H groups in total. The zero-order chi connectivity index (χ0) is 11.4. The first-order valence-electron chi connectivity index (χ1n) is 5.75. The molecule has 88 valence electrons. The highest BCUT2D eigenvalue weighted by Crippen LogP contribution is 2.22. The molecule has 16 heavy (non-hydrogen) atoms. The highest BCUT2D eigenvalue weighted by Gasteiger charge is 2.22. The zero-order valence-corrected chi connectivity index (χ0v) is 9.56. The smallest absolute Gasteiger partial charge is 0.134 e. The lowest BCUT2D eigenvalue weighted by atomic mass is 10.1. The lowest BCUT2D eigenvalue weighted by Crippen LogP contribution is -2.22. The second-order valence-corrected chi connectivity index (χ2v) is 4.08. The normalized spacial score (nSPS) is 20.1. The molecule has 1 fully saturated rings. The highest BCUT2D eigenvalue weighted by atomic mass is 16.3. The van der Waals surface area contributed by atoms with E-state index in [1.165, 1.54) is 0 Å². The van der Waals surface area contributed by atoms with Gasteiger partial charge in [-0.25, -0.2) is 9.97 Å². The summed E-state index contributed by atoms with van der Waals surface area (Å²) in [4.78, 5) is 10.6. The molecule has 2 heterocycles. The molecule has 0 amide bonds. The maximum Gasteiger partial charge on any atom is 0.134 e. The molecule has 1 aromatic rings. The molecule has 0 saturated carbocycles. The van der Waals surface area contributed by atoms with Gasteiger partial charge in [0.15, 0.2) is 0 Å². The van der Waals surface area contributed by atoms with Crippen LogP contribution in [0.1, 0.15) is 13.3 Å². The fraction of sp³-hybridized carbons (Fsp3) is 0.636. The van der Waals surface area contributed by atoms with Crippen molar-refractivity contribution in [2.45, 2.75) is 13.3 Å². The van der Waals surface area contributed by atoms with E-state index in [2.05, 4.69) is 20.2 Å². The predicted octanol–water partition coefficient (Wildman–Crippen LogP) is 0.727. The van der Waals surface area contributed by atoms with Crippen LogP contribution in [0.15, 0.2) is 12.4 Å². The molecule has 1 atom stereocenters. The van der Waals surface area contributed by atoms with Crippen molar-refractivity contribution in [2.75, 3.05) is 36.5 Å². The molecule has 1 saturated heterocycles. The van der Waals surface area contributed by atoms with Gasteiger partial charge in [-0.15, -0.1) is 0 Å². The number of hydrogen-bond acceptors (Lipinski definition) is 5. The molecule has 0 bridgehead atoms. The van der Waals surface area contributed by atoms with Gasteiger partial charge in [0, 0.05) is 38.2 Å². The summed E-state index contributed by atoms with van der Waals surface area (Å²) in [6.07, 6.45) is 2.62. The van der Waals surface area contributed by atoms with E-state index in [9.17, 15) is 0 Å². The number of nitrogens with zero attached hydrogens (tertiary/aromatic N) is 3. The molecule has 0 aliphatic carbocycles. The van der Waals surface area contributed by atoms with Gasteiger partial charge >= 0.3 is 0 Å². The minimum absolute atomic E-state index is 0.266. The molecule has 2 rings (SSSR count). The van der Waals surface area contributed by atoms with Crippen LogP contribution in [0.4, 0.5) is 11.6 Å². The molecular formula is C11H18N4O. The number of aliphatic hydroxyl groups is 1. The second kappa shape index (κ2) is 5.12. The van der Waals surface area contributed by atoms with Crippen molar-refractivity contribution in [1.82, 2.24) is 9.97 Å². The standard InChI is InChI=1S/C11H18N4O/c1-2-12-10-5-11(14-8-13-10)15-4-3-9(6-15)7-16/h5,8-9,16H,2-4,6-7H2,1H3,(H,12,13,14). The topological polar surface area (TPSA) is 61.3 Å². The summed E-state index contributed by atoms with van der Waals surface area (Å²) in [6.45, 7) is 5.02. The molecule has 5 heteroatoms. The Balaban J connectivity index is 2.06. The Morgan fingerprint density at radius 3 is 3.12 bits per heavy atom. The summed E-state index contributed by atoms with van der Waals surface area (Å²) < 4.78 is 0. The first-order chi connectivity index (χ1) is 7.83. The summed E-state index contributed by atoms with van der Waals surface area (Å²) in [5.74, 6) is 2.19. The number of rotatable bonds is 4. The molecule has 0 spiro atoms. The highest BCUT2D eigenvalue weighted by molar-refractivity contribution is 5.48. The first-order valence-corrected chi connectivity index (χ1v) is 5.75. The third-order valence-corrected chi connectivity index (χ3v) is 2.88. The minimum atomic E-state index is 0.266. The van der Waals surface area contributed by atoms with E-state index in [1.54, 1.807) is 6.33 Å². The number of aliphatic hydroxyl groups excluding tert-OH is 1. The lowest BCUT2D eigenvalue weighted by Gasteiger charge is -2.17. The summed E-state index contributed by atoms with van der Waals surface area (Å²) in [5, 5.41) is 12.3. The van der Waals surface area contributed by atoms with Crippen molar-refractivity contribution in [1.29, 1.82) is 0 Å². The van der Waals surface area contributed by atoms with Crippen molar-refractivity contribution < 1.29 is 5.11 Å². The van der Waals surface area contributed by atoms with Crippen LogP contribution in [0.5, 0.6) is 0 Å². The average Bonchev–Trinajstić information content (AvgIpc) is 2.78. The molecule has 5 nitrogen and oxygen atoms in total. The van der Waals surface area contributed by atoms with Gasteiger partial charge in [0.2, 0.25) is 0 Å². The quantitative estimate of drug-likeness (QED) is 0.786. The number of nitrogens with one attached hydrogen (secondary N) is 1. The van der Waals surface area contributed by atoms with Gasteiger partial charge in [0.25, 0.3) is 0 Å². The molecule has 1 aliphatic heterocycles. The van der Waals surface area contributed by atoms with Gasteiger partial charge in [0.05, 0.1) is 0 Å². The van der Waals surface area contributed by atoms with Crippen LogP contribution in [0.2, 0.25) is 0 Å². The molecule has 0 aromatic carbocycles. The van der Waals surface area contributed by atoms with E-state index < -0.39 is 0 Å². The molecule has 0 radical (unpaired) electrons. The van der Waals surface area contributed by atoms with Crippen molar-refractivity contribution in [3.63, 3.8) is 0 Å². The van der Waals surface area contributed by atoms with Gasteiger partial charge < -0.3 is 15.3 Å². The van der Waals surface area contributed by atoms with E-state index in [1.807, 2.05) is 13.0 Å². The van der Waals surface area contributed by atoms with Crippen LogP contribution in [-0.2, 0) is 0 Å². The second-order valence-electron chi connectivity index (χ2n) is 4.08. The average molecular weight is 222 g/mol. The van der Waals surface area contributed by atoms with Gasteiger partial charge in [-0.2, -0.15) is 0 Å². The van der Waals surface area contributed by atoms with Gasteiger partial charge in [-0.3, -0.25) is 0 Å². The molecule has 1 aromatic heterocycles. The van der Waals surface area contributed by atoms with Gasteiger partial charge in [-0.05, 0) is 13.3 Å². The van der Waals surface area contributed by atoms with Crippen LogP contribution < -0.4 is 10.2 Å². The first kappa shape index (κ1) is 11.1. The third kappa shape index (κ3) is 2.41. The van der Waals surface area contributed by atoms with Gasteiger partial charge in [0.1, 0.15) is 18.0 Å². The maximum absolute atomic E-state index is 9.10. The van der Waals surface area contributed by atoms with Crippen LogP contribution in [0, 0.1) is 5.92 Å². The number of aromatic nitrogens is 2. The maximum atomic E-state index is 9.10. The monoisotopic (exact) mass is 222 g/mol. The minimum Gasteiger partial charge on any atom is -0.396 e. The predicted molar refractivity (Wildman–Crippen MR) is 63.6 cm³/mol. The molecule has 1 aliphatic rings. The fourth-order valence-corrected chi connectivity index (χ4v) is 1.99. The zero-order valence-electron chi connectivity index (χ0n) is 9.56. The van der Waals surface area contributed by atoms with Crippen molar-refractivity contribution >= 4 is 11.6 Å². The van der Waals surface area contributed by atoms with E-state index in [0.717, 1.165) is 37.7 Å². The SMILES string of the molecule is CCNc1cc(N2CCC(CO)C2)ncn1. The molecular weight excluding hydrogens is 204 g/mol. The summed E-state index contributed by atoms with van der Waals surface area (Å²) >= 11 is 0. The Hall–Kier alpha value is -1.36. The fourth-order valence-electron chi connectivity index (χ4n) is 1.99. The number of anilines is 2. The Bertz CT molecular complexity index is 345. The summed E-state index contributed by atoms with van der Waals surface area (Å²) in [7, 11) is 0. The van der Waals surface area contributed by atoms with Crippen molar-refractivity contribution in [2.24, 2.45) is 5.92 Å². The molecule has 1 unspecified atom stereocenters. The van der Waals surface area contributed by atoms with Gasteiger partial charge in [-0.1, -0.05) is 0 Å². The van der Waals surface area contributed by atoms with E-state index in [-0.39, 0.29) is 6.61 Å². The van der Waals surface area contributed by atoms with Crippen LogP contribution in [-0.4, -0.2) is 41.3 Å². The Morgan fingerprint density at radius 1 is 1.56 bits per heavy atom. The van der Waals surface area contributed by atoms with Crippen LogP contribution >= 0.6 is 0 Å². The van der Waals surface area contributed by atoms with E-state index in [0.29, 0.717) is 5.92 Å². The van der Waals surface area contributed by atoms with E-state index in [4.69, 9.17) is 5.11 Å². The largest absolute Gasteiger partial charge is 0.396 e. The Labute approximate surface area is 95.5 Å². The summed E-state index contributed by atoms with van der Waals surface area (Å²) in [5.41, 5.74) is 0. The van der Waals surface area contributed by atoms with Crippen LogP contribution in [0.3, 0.4) is 0 Å². The van der Waals surface area contributed by atoms with Crippen molar-refractivity contribution in [3.05, 3.63) is 12.4 Å². The lowest BCUT2D eigenvalue weighted by molar-refractivity contribution is 0.238. The number of hydrogen-bond donors (Lipinski definition) is 2. The Morgan fingerprint density at radius 2 is 2.44 bits per heavy atom. The van der Waals surface area contributed by atoms with E-state index >= 15 is 0 Å². The third-order valence-electron chi connectivity index (χ3n) is 2.88. The van der Waals surface area contributed by atoms with Crippen LogP contribution in [0.25, 0.3) is 0 Å². The Kier molecular flexibility index (Phi) is 3.56.